The van der Waals surface area contributed by atoms with Crippen LogP contribution in [0.2, 0.25) is 0 Å². The smallest absolute Gasteiger partial charge is 0.0734 e. The van der Waals surface area contributed by atoms with Gasteiger partial charge in [0.15, 0.2) is 0 Å². The number of hydrogen-bond donors (Lipinski definition) is 0. The zero-order valence-electron chi connectivity index (χ0n) is 39.5. The summed E-state index contributed by atoms with van der Waals surface area (Å²) in [6.45, 7) is 13.1. The van der Waals surface area contributed by atoms with Crippen molar-refractivity contribution in [1.82, 2.24) is 0 Å². The molecule has 0 aromatic heterocycles. The molecule has 0 heterocycles. The summed E-state index contributed by atoms with van der Waals surface area (Å²) in [7, 11) is 0. The summed E-state index contributed by atoms with van der Waals surface area (Å²) in [4.78, 5) is 0. The Hall–Kier alpha value is -7.54. The van der Waals surface area contributed by atoms with Crippen LogP contribution in [0, 0.1) is 0 Å². The summed E-state index contributed by atoms with van der Waals surface area (Å²) in [6, 6.07) is 56.5. The summed E-state index contributed by atoms with van der Waals surface area (Å²) < 4.78 is 0. The average molecular weight is 871 g/mol. The molecule has 9 aromatic rings. The van der Waals surface area contributed by atoms with E-state index in [0.29, 0.717) is 0 Å². The normalized spacial score (nSPS) is 17.1. The molecule has 0 saturated heterocycles. The van der Waals surface area contributed by atoms with E-state index in [1.807, 2.05) is 6.08 Å². The summed E-state index contributed by atoms with van der Waals surface area (Å²) in [5, 5.41) is 10.4. The van der Waals surface area contributed by atoms with E-state index in [9.17, 15) is 0 Å². The number of rotatable bonds is 5. The molecule has 9 aromatic carbocycles. The van der Waals surface area contributed by atoms with E-state index in [-0.39, 0.29) is 5.41 Å². The van der Waals surface area contributed by atoms with Crippen molar-refractivity contribution < 1.29 is 0 Å². The zero-order valence-corrected chi connectivity index (χ0v) is 39.5. The van der Waals surface area contributed by atoms with Crippen molar-refractivity contribution in [3.8, 4) is 33.4 Å². The van der Waals surface area contributed by atoms with E-state index in [2.05, 4.69) is 222 Å². The lowest BCUT2D eigenvalue weighted by molar-refractivity contribution is 0.589. The molecule has 0 heteroatoms. The van der Waals surface area contributed by atoms with Gasteiger partial charge in [-0.1, -0.05) is 209 Å². The standard InChI is InChI=1S/C68H54/c1-6-20-42(21-7-2)46-37-35-45(41-61(46)67(3,4)5)63-54-30-14-12-28-52(54)62(53-29-13-15-31-55(53)63)44-36-38-56-58(40-44)48-24-10-11-27-51(48)64-57-39-34-43-22-8-9-23-47(43)65(57)68(66(56)64)59-32-18-16-25-49(59)50-26-17-19-33-60(50)68/h6-7,9-16,18-21,23-25,27-41H,1,8,17,22,26H2,2-5H3/b21-7-,42-20+. The van der Waals surface area contributed by atoms with Crippen molar-refractivity contribution in [2.75, 3.05) is 0 Å². The molecule has 4 aliphatic rings. The van der Waals surface area contributed by atoms with Gasteiger partial charge in [-0.25, -0.2) is 0 Å². The molecule has 0 fully saturated rings. The number of hydrogen-bond acceptors (Lipinski definition) is 0. The highest BCUT2D eigenvalue weighted by Gasteiger charge is 2.55. The van der Waals surface area contributed by atoms with E-state index >= 15 is 0 Å². The Kier molecular flexibility index (Phi) is 9.13. The quantitative estimate of drug-likeness (QED) is 0.0918. The van der Waals surface area contributed by atoms with E-state index in [0.717, 1.165) is 25.7 Å². The minimum absolute atomic E-state index is 0.0886. The van der Waals surface area contributed by atoms with E-state index in [4.69, 9.17) is 0 Å². The minimum atomic E-state index is -0.429. The molecule has 0 bridgehead atoms. The van der Waals surface area contributed by atoms with Gasteiger partial charge in [-0.05, 0) is 188 Å². The van der Waals surface area contributed by atoms with Gasteiger partial charge in [-0.2, -0.15) is 0 Å². The van der Waals surface area contributed by atoms with Crippen molar-refractivity contribution in [1.29, 1.82) is 0 Å². The fourth-order valence-corrected chi connectivity index (χ4v) is 13.2. The second-order valence-corrected chi connectivity index (χ2v) is 20.4. The highest BCUT2D eigenvalue weighted by Crippen LogP contribution is 2.67. The average Bonchev–Trinajstić information content (AvgIpc) is 3.85. The summed E-state index contributed by atoms with van der Waals surface area (Å²) in [5.74, 6) is 0. The molecule has 1 atom stereocenters. The van der Waals surface area contributed by atoms with Crippen LogP contribution in [0.5, 0.6) is 0 Å². The molecule has 0 nitrogen and oxygen atoms in total. The molecule has 0 radical (unpaired) electrons. The van der Waals surface area contributed by atoms with Crippen LogP contribution in [0.4, 0.5) is 0 Å². The lowest BCUT2D eigenvalue weighted by atomic mass is 9.66. The van der Waals surface area contributed by atoms with E-state index in [1.165, 1.54) is 138 Å². The first kappa shape index (κ1) is 40.7. The number of fused-ring (bicyclic) bond motifs is 18. The Morgan fingerprint density at radius 3 is 1.87 bits per heavy atom. The third kappa shape index (κ3) is 5.61. The second kappa shape index (κ2) is 15.2. The molecule has 68 heavy (non-hydrogen) atoms. The molecule has 4 aliphatic carbocycles. The monoisotopic (exact) mass is 870 g/mol. The van der Waals surface area contributed by atoms with Crippen LogP contribution < -0.4 is 0 Å². The molecular weight excluding hydrogens is 817 g/mol. The fourth-order valence-electron chi connectivity index (χ4n) is 13.2. The van der Waals surface area contributed by atoms with Crippen molar-refractivity contribution in [3.63, 3.8) is 0 Å². The van der Waals surface area contributed by atoms with Crippen LogP contribution in [-0.2, 0) is 17.3 Å². The van der Waals surface area contributed by atoms with Crippen LogP contribution >= 0.6 is 0 Å². The number of benzene rings is 9. The third-order valence-electron chi connectivity index (χ3n) is 15.8. The summed E-state index contributed by atoms with van der Waals surface area (Å²) >= 11 is 0. The predicted octanol–water partition coefficient (Wildman–Crippen LogP) is 18.5. The first-order valence-corrected chi connectivity index (χ1v) is 24.7. The Morgan fingerprint density at radius 1 is 0.559 bits per heavy atom. The fraction of sp³-hybridized carbons (Fsp3) is 0.147. The Morgan fingerprint density at radius 2 is 1.18 bits per heavy atom. The molecule has 0 N–H and O–H groups in total. The lowest BCUT2D eigenvalue weighted by Gasteiger charge is -2.35. The zero-order chi connectivity index (χ0) is 45.9. The molecule has 0 saturated carbocycles. The van der Waals surface area contributed by atoms with Crippen LogP contribution in [0.1, 0.15) is 91.5 Å². The molecule has 0 aliphatic heterocycles. The Balaban J connectivity index is 1.11. The molecular formula is C68H54. The molecule has 1 unspecified atom stereocenters. The first-order valence-electron chi connectivity index (χ1n) is 24.7. The largest absolute Gasteiger partial charge is 0.0990 e. The molecule has 13 rings (SSSR count). The number of allylic oxidation sites excluding steroid dienone is 10. The third-order valence-corrected chi connectivity index (χ3v) is 15.8. The maximum absolute atomic E-state index is 4.06. The van der Waals surface area contributed by atoms with Gasteiger partial charge in [0.2, 0.25) is 0 Å². The van der Waals surface area contributed by atoms with Crippen molar-refractivity contribution in [2.45, 2.75) is 64.2 Å². The van der Waals surface area contributed by atoms with Crippen LogP contribution in [0.3, 0.4) is 0 Å². The predicted molar refractivity (Wildman–Crippen MR) is 293 cm³/mol. The van der Waals surface area contributed by atoms with Gasteiger partial charge in [-0.3, -0.25) is 0 Å². The second-order valence-electron chi connectivity index (χ2n) is 20.4. The van der Waals surface area contributed by atoms with Crippen LogP contribution in [0.15, 0.2) is 200 Å². The van der Waals surface area contributed by atoms with Crippen LogP contribution in [0.25, 0.3) is 93.7 Å². The van der Waals surface area contributed by atoms with Gasteiger partial charge >= 0.3 is 0 Å². The Labute approximate surface area is 400 Å². The van der Waals surface area contributed by atoms with E-state index < -0.39 is 5.41 Å². The van der Waals surface area contributed by atoms with Gasteiger partial charge in [0.1, 0.15) is 0 Å². The van der Waals surface area contributed by atoms with E-state index in [1.54, 1.807) is 0 Å². The molecule has 0 amide bonds. The lowest BCUT2D eigenvalue weighted by Crippen LogP contribution is -2.29. The first-order chi connectivity index (χ1) is 33.3. The van der Waals surface area contributed by atoms with Crippen molar-refractivity contribution in [3.05, 3.63) is 245 Å². The topological polar surface area (TPSA) is 0 Å². The van der Waals surface area contributed by atoms with Crippen LogP contribution in [-0.4, -0.2) is 0 Å². The highest BCUT2D eigenvalue weighted by molar-refractivity contribution is 6.24. The minimum Gasteiger partial charge on any atom is -0.0990 e. The van der Waals surface area contributed by atoms with Gasteiger partial charge in [0.25, 0.3) is 0 Å². The van der Waals surface area contributed by atoms with Gasteiger partial charge in [0.05, 0.1) is 5.41 Å². The summed E-state index contributed by atoms with van der Waals surface area (Å²) in [5.41, 5.74) is 22.7. The number of aryl methyl sites for hydroxylation is 1. The van der Waals surface area contributed by atoms with Gasteiger partial charge in [-0.15, -0.1) is 0 Å². The maximum Gasteiger partial charge on any atom is 0.0734 e. The van der Waals surface area contributed by atoms with Crippen molar-refractivity contribution in [2.24, 2.45) is 0 Å². The Bertz CT molecular complexity index is 3790. The molecule has 326 valence electrons. The SMILES string of the molecule is C=C/C=C(\C=C/C)c1ccc(-c2c3ccccc3c(-c3ccc4c5c(c6ccccc6c4c3)-c3ccc4c(c3C53C5=C(CCC=C5)c5ccccc53)C=CCC4)c3ccccc23)cc1C(C)(C)C. The maximum atomic E-state index is 4.06. The highest BCUT2D eigenvalue weighted by atomic mass is 14.6. The van der Waals surface area contributed by atoms with Gasteiger partial charge < -0.3 is 0 Å². The van der Waals surface area contributed by atoms with Gasteiger partial charge in [0, 0.05) is 0 Å². The summed E-state index contributed by atoms with van der Waals surface area (Å²) in [6.07, 6.45) is 22.5. The van der Waals surface area contributed by atoms with Crippen molar-refractivity contribution >= 4 is 60.3 Å². The molecule has 1 spiro atoms.